The Morgan fingerprint density at radius 3 is 2.48 bits per heavy atom. The summed E-state index contributed by atoms with van der Waals surface area (Å²) in [6, 6.07) is 15.6. The fraction of sp³-hybridized carbons (Fsp3) is 0.219. The molecule has 2 heterocycles. The van der Waals surface area contributed by atoms with E-state index in [2.05, 4.69) is 36.9 Å². The molecule has 228 valence electrons. The number of carbonyl (C=O) groups excluding carboxylic acids is 1. The van der Waals surface area contributed by atoms with Crippen molar-refractivity contribution in [3.8, 4) is 17.2 Å². The molecule has 0 radical (unpaired) electrons. The Balaban J connectivity index is 1.61. The van der Waals surface area contributed by atoms with Gasteiger partial charge in [-0.1, -0.05) is 41.1 Å². The third-order valence-corrected chi connectivity index (χ3v) is 9.43. The number of allylic oxidation sites excluding steroid dienone is 1. The maximum atomic E-state index is 14.1. The van der Waals surface area contributed by atoms with Crippen LogP contribution in [0.15, 0.2) is 84.6 Å². The highest BCUT2D eigenvalue weighted by Crippen LogP contribution is 2.38. The van der Waals surface area contributed by atoms with Crippen LogP contribution in [0.25, 0.3) is 6.08 Å². The van der Waals surface area contributed by atoms with Crippen molar-refractivity contribution in [3.05, 3.63) is 116 Å². The Morgan fingerprint density at radius 2 is 1.82 bits per heavy atom. The lowest BCUT2D eigenvalue weighted by Crippen LogP contribution is -2.40. The number of rotatable bonds is 9. The van der Waals surface area contributed by atoms with Gasteiger partial charge in [-0.15, -0.1) is 0 Å². The van der Waals surface area contributed by atoms with Gasteiger partial charge in [-0.25, -0.2) is 9.79 Å². The predicted molar refractivity (Wildman–Crippen MR) is 178 cm³/mol. The minimum Gasteiger partial charge on any atom is -0.497 e. The molecule has 1 aliphatic rings. The van der Waals surface area contributed by atoms with Gasteiger partial charge in [-0.3, -0.25) is 9.36 Å². The highest BCUT2D eigenvalue weighted by molar-refractivity contribution is 9.11. The molecular weight excluding hydrogens is 736 g/mol. The van der Waals surface area contributed by atoms with Crippen molar-refractivity contribution < 1.29 is 23.7 Å². The van der Waals surface area contributed by atoms with E-state index in [1.54, 1.807) is 45.2 Å². The lowest BCUT2D eigenvalue weighted by Gasteiger charge is -2.26. The van der Waals surface area contributed by atoms with Gasteiger partial charge in [0.05, 0.1) is 45.6 Å². The van der Waals surface area contributed by atoms with Crippen LogP contribution in [0.5, 0.6) is 17.2 Å². The highest BCUT2D eigenvalue weighted by Gasteiger charge is 2.35. The number of benzene rings is 3. The fourth-order valence-corrected chi connectivity index (χ4v) is 7.54. The van der Waals surface area contributed by atoms with Crippen LogP contribution >= 0.6 is 54.8 Å². The van der Waals surface area contributed by atoms with Gasteiger partial charge >= 0.3 is 5.97 Å². The molecule has 0 N–H and O–H groups in total. The zero-order valence-corrected chi connectivity index (χ0v) is 28.9. The van der Waals surface area contributed by atoms with E-state index < -0.39 is 12.0 Å². The maximum absolute atomic E-state index is 14.1. The number of thiazole rings is 1. The molecule has 3 aromatic carbocycles. The summed E-state index contributed by atoms with van der Waals surface area (Å²) in [4.78, 5) is 32.5. The van der Waals surface area contributed by atoms with Crippen LogP contribution in [-0.4, -0.2) is 31.4 Å². The van der Waals surface area contributed by atoms with Gasteiger partial charge in [0, 0.05) is 16.1 Å². The minimum absolute atomic E-state index is 0.170. The number of carbonyl (C=O) groups is 1. The minimum atomic E-state index is -0.850. The number of methoxy groups -OCH3 is 2. The molecule has 12 heteroatoms. The molecule has 1 aliphatic heterocycles. The third kappa shape index (κ3) is 6.37. The average Bonchev–Trinajstić information content (AvgIpc) is 3.30. The number of halogens is 3. The van der Waals surface area contributed by atoms with Gasteiger partial charge in [-0.05, 0) is 93.7 Å². The summed E-state index contributed by atoms with van der Waals surface area (Å²) in [5.74, 6) is 1.08. The van der Waals surface area contributed by atoms with Gasteiger partial charge in [0.15, 0.2) is 4.80 Å². The molecule has 0 saturated heterocycles. The summed E-state index contributed by atoms with van der Waals surface area (Å²) in [5.41, 5.74) is 2.57. The van der Waals surface area contributed by atoms with E-state index in [0.29, 0.717) is 51.8 Å². The second-order valence-corrected chi connectivity index (χ2v) is 12.7. The van der Waals surface area contributed by atoms with E-state index in [1.807, 2.05) is 36.4 Å². The zero-order chi connectivity index (χ0) is 31.5. The smallest absolute Gasteiger partial charge is 0.338 e. The van der Waals surface area contributed by atoms with Gasteiger partial charge in [0.25, 0.3) is 5.56 Å². The highest BCUT2D eigenvalue weighted by atomic mass is 79.9. The molecule has 0 unspecified atom stereocenters. The van der Waals surface area contributed by atoms with Crippen molar-refractivity contribution in [2.45, 2.75) is 26.5 Å². The second kappa shape index (κ2) is 13.7. The number of nitrogens with zero attached hydrogens (tertiary/aromatic N) is 2. The number of ether oxygens (including phenoxy) is 4. The lowest BCUT2D eigenvalue weighted by molar-refractivity contribution is -0.139. The molecule has 0 saturated carbocycles. The first-order valence-corrected chi connectivity index (χ1v) is 16.2. The molecular formula is C32H27Br2ClN2O6S. The summed E-state index contributed by atoms with van der Waals surface area (Å²) in [6.45, 7) is 3.92. The van der Waals surface area contributed by atoms with E-state index in [9.17, 15) is 9.59 Å². The second-order valence-electron chi connectivity index (χ2n) is 9.60. The lowest BCUT2D eigenvalue weighted by atomic mass is 9.94. The van der Waals surface area contributed by atoms with Crippen LogP contribution in [0.3, 0.4) is 0 Å². The van der Waals surface area contributed by atoms with Gasteiger partial charge < -0.3 is 18.9 Å². The molecule has 0 fully saturated rings. The normalized spacial score (nSPS) is 14.6. The fourth-order valence-electron chi connectivity index (χ4n) is 4.86. The van der Waals surface area contributed by atoms with Crippen molar-refractivity contribution in [1.82, 2.24) is 4.57 Å². The molecule has 8 nitrogen and oxygen atoms in total. The Morgan fingerprint density at radius 1 is 1.09 bits per heavy atom. The van der Waals surface area contributed by atoms with Crippen LogP contribution in [0.4, 0.5) is 0 Å². The number of hydrogen-bond acceptors (Lipinski definition) is 8. The Kier molecular flexibility index (Phi) is 9.99. The summed E-state index contributed by atoms with van der Waals surface area (Å²) >= 11 is 14.7. The summed E-state index contributed by atoms with van der Waals surface area (Å²) in [6.07, 6.45) is 1.78. The average molecular weight is 763 g/mol. The first kappa shape index (κ1) is 32.0. The standard InChI is InChI=1S/C32H27Br2ClN2O6S/c1-5-42-31(39)27-17(2)36-32-37(28(27)21-15-20(40-3)10-11-25(21)41-4)30(38)26(44-32)14-18-12-22(33)29(23(34)13-18)43-16-19-8-6-7-9-24(19)35/h6-15,28H,5,16H2,1-4H3/b26-14-/t28-/m0/s1. The van der Waals surface area contributed by atoms with Crippen molar-refractivity contribution in [2.75, 3.05) is 20.8 Å². The van der Waals surface area contributed by atoms with E-state index in [-0.39, 0.29) is 24.3 Å². The van der Waals surface area contributed by atoms with E-state index in [4.69, 9.17) is 30.5 Å². The van der Waals surface area contributed by atoms with Crippen molar-refractivity contribution in [3.63, 3.8) is 0 Å². The van der Waals surface area contributed by atoms with Gasteiger partial charge in [0.1, 0.15) is 29.9 Å². The molecule has 0 spiro atoms. The Hall–Kier alpha value is -3.38. The topological polar surface area (TPSA) is 88.4 Å². The summed E-state index contributed by atoms with van der Waals surface area (Å²) in [5, 5.41) is 0.623. The van der Waals surface area contributed by atoms with Crippen molar-refractivity contribution in [2.24, 2.45) is 4.99 Å². The Labute approximate surface area is 279 Å². The first-order valence-electron chi connectivity index (χ1n) is 13.4. The maximum Gasteiger partial charge on any atom is 0.338 e. The molecule has 4 aromatic rings. The number of aromatic nitrogens is 1. The summed E-state index contributed by atoms with van der Waals surface area (Å²) in [7, 11) is 3.08. The van der Waals surface area contributed by atoms with Gasteiger partial charge in [0.2, 0.25) is 0 Å². The largest absolute Gasteiger partial charge is 0.497 e. The van der Waals surface area contributed by atoms with Crippen LogP contribution in [0.2, 0.25) is 5.02 Å². The zero-order valence-electron chi connectivity index (χ0n) is 24.2. The van der Waals surface area contributed by atoms with Crippen LogP contribution < -0.4 is 29.1 Å². The monoisotopic (exact) mass is 760 g/mol. The molecule has 1 aromatic heterocycles. The SMILES string of the molecule is CCOC(=O)C1=C(C)N=c2s/c(=C\c3cc(Br)c(OCc4ccccc4Cl)c(Br)c3)c(=O)n2[C@H]1c1cc(OC)ccc1OC. The third-order valence-electron chi connectivity index (χ3n) is 6.90. The number of hydrogen-bond donors (Lipinski definition) is 0. The van der Waals surface area contributed by atoms with Crippen LogP contribution in [0, 0.1) is 0 Å². The first-order chi connectivity index (χ1) is 21.2. The van der Waals surface area contributed by atoms with E-state index in [1.165, 1.54) is 23.0 Å². The molecule has 0 bridgehead atoms. The summed E-state index contributed by atoms with van der Waals surface area (Å²) < 4.78 is 25.9. The molecule has 5 rings (SSSR count). The quantitative estimate of drug-likeness (QED) is 0.179. The van der Waals surface area contributed by atoms with Crippen LogP contribution in [0.1, 0.15) is 36.6 Å². The molecule has 0 aliphatic carbocycles. The van der Waals surface area contributed by atoms with Crippen molar-refractivity contribution in [1.29, 1.82) is 0 Å². The van der Waals surface area contributed by atoms with E-state index >= 15 is 0 Å². The number of fused-ring (bicyclic) bond motifs is 1. The predicted octanol–water partition coefficient (Wildman–Crippen LogP) is 6.57. The number of esters is 1. The van der Waals surface area contributed by atoms with Gasteiger partial charge in [-0.2, -0.15) is 0 Å². The molecule has 44 heavy (non-hydrogen) atoms. The Bertz CT molecular complexity index is 1950. The van der Waals surface area contributed by atoms with Crippen molar-refractivity contribution >= 4 is 66.8 Å². The van der Waals surface area contributed by atoms with Crippen LogP contribution in [-0.2, 0) is 16.1 Å². The molecule has 0 amide bonds. The van der Waals surface area contributed by atoms with E-state index in [0.717, 1.165) is 11.1 Å². The molecule has 1 atom stereocenters.